The van der Waals surface area contributed by atoms with Gasteiger partial charge in [-0.3, -0.25) is 10.2 Å². The molecule has 1 heterocycles. The number of hydrogen-bond acceptors (Lipinski definition) is 5. The Morgan fingerprint density at radius 1 is 1.31 bits per heavy atom. The second-order valence-electron chi connectivity index (χ2n) is 6.81. The predicted octanol–water partition coefficient (Wildman–Crippen LogP) is 4.01. The lowest BCUT2D eigenvalue weighted by molar-refractivity contribution is -0.127. The quantitative estimate of drug-likeness (QED) is 0.498. The molecule has 0 aromatic heterocycles. The maximum Gasteiger partial charge on any atom is 0.246 e. The predicted molar refractivity (Wildman–Crippen MR) is 117 cm³/mol. The van der Waals surface area contributed by atoms with Gasteiger partial charge in [0.15, 0.2) is 5.83 Å². The van der Waals surface area contributed by atoms with Crippen LogP contribution in [0.15, 0.2) is 58.4 Å². The lowest BCUT2D eigenvalue weighted by Gasteiger charge is -2.36. The van der Waals surface area contributed by atoms with E-state index in [9.17, 15) is 9.90 Å². The number of benzene rings is 1. The number of hydrogen-bond donors (Lipinski definition) is 3. The Morgan fingerprint density at radius 2 is 1.93 bits per heavy atom. The standard InChI is InChI=1S/C21H21ClFN3O2S/c1-3-17(28)25-6-8-26(9-7-25)21(29)15-11-16(22)18(19(23)20(15)24)14-10-13(27)5-4-12(14)2/h3-5,10-11,24,27,29H,1,6-9H2,2H3/b21-15-,24-20?. The van der Waals surface area contributed by atoms with Gasteiger partial charge in [-0.15, -0.1) is 12.6 Å². The molecule has 1 aromatic carbocycles. The summed E-state index contributed by atoms with van der Waals surface area (Å²) in [4.78, 5) is 15.3. The first-order valence-corrected chi connectivity index (χ1v) is 9.83. The molecule has 1 saturated heterocycles. The maximum absolute atomic E-state index is 15.2. The average molecular weight is 434 g/mol. The van der Waals surface area contributed by atoms with Crippen LogP contribution >= 0.6 is 24.2 Å². The van der Waals surface area contributed by atoms with Crippen molar-refractivity contribution in [2.45, 2.75) is 6.92 Å². The van der Waals surface area contributed by atoms with Crippen molar-refractivity contribution >= 4 is 41.4 Å². The molecule has 0 unspecified atom stereocenters. The number of thiol groups is 1. The third-order valence-electron chi connectivity index (χ3n) is 5.02. The zero-order valence-electron chi connectivity index (χ0n) is 15.9. The maximum atomic E-state index is 15.2. The van der Waals surface area contributed by atoms with Crippen LogP contribution in [-0.2, 0) is 4.79 Å². The monoisotopic (exact) mass is 433 g/mol. The fourth-order valence-electron chi connectivity index (χ4n) is 3.36. The largest absolute Gasteiger partial charge is 0.508 e. The normalized spacial score (nSPS) is 19.3. The van der Waals surface area contributed by atoms with Crippen LogP contribution in [-0.4, -0.2) is 52.7 Å². The van der Waals surface area contributed by atoms with Gasteiger partial charge in [0.25, 0.3) is 0 Å². The molecule has 2 N–H and O–H groups in total. The summed E-state index contributed by atoms with van der Waals surface area (Å²) in [6.07, 6.45) is 2.80. The molecule has 0 radical (unpaired) electrons. The van der Waals surface area contributed by atoms with E-state index in [0.29, 0.717) is 36.8 Å². The van der Waals surface area contributed by atoms with Gasteiger partial charge in [0.2, 0.25) is 5.91 Å². The SMILES string of the molecule is C=CC(=O)N1CCN(/C(S)=C2\C=C(Cl)C(c3cc(O)ccc3C)=C(F)C2=N)CC1. The smallest absolute Gasteiger partial charge is 0.246 e. The number of aryl methyl sites for hydroxylation is 1. The van der Waals surface area contributed by atoms with E-state index in [-0.39, 0.29) is 33.5 Å². The summed E-state index contributed by atoms with van der Waals surface area (Å²) < 4.78 is 15.2. The van der Waals surface area contributed by atoms with Gasteiger partial charge in [-0.2, -0.15) is 0 Å². The van der Waals surface area contributed by atoms with Crippen molar-refractivity contribution in [2.75, 3.05) is 26.2 Å². The van der Waals surface area contributed by atoms with Gasteiger partial charge in [-0.25, -0.2) is 4.39 Å². The number of phenolic OH excluding ortho intramolecular Hbond substituents is 1. The molecule has 0 bridgehead atoms. The Balaban J connectivity index is 1.92. The van der Waals surface area contributed by atoms with Crippen LogP contribution in [0.2, 0.25) is 0 Å². The molecule has 152 valence electrons. The van der Waals surface area contributed by atoms with Crippen molar-refractivity contribution in [1.29, 1.82) is 5.41 Å². The van der Waals surface area contributed by atoms with Gasteiger partial charge in [0.1, 0.15) is 11.5 Å². The summed E-state index contributed by atoms with van der Waals surface area (Å²) in [5.74, 6) is -0.912. The highest BCUT2D eigenvalue weighted by Crippen LogP contribution is 2.40. The minimum Gasteiger partial charge on any atom is -0.508 e. The topological polar surface area (TPSA) is 67.6 Å². The number of rotatable bonds is 3. The molecule has 3 rings (SSSR count). The van der Waals surface area contributed by atoms with Crippen molar-refractivity contribution in [1.82, 2.24) is 9.80 Å². The van der Waals surface area contributed by atoms with Crippen molar-refractivity contribution in [3.8, 4) is 5.75 Å². The third-order valence-corrected chi connectivity index (χ3v) is 5.84. The van der Waals surface area contributed by atoms with E-state index in [4.69, 9.17) is 17.0 Å². The Labute approximate surface area is 179 Å². The molecule has 1 aliphatic heterocycles. The first kappa shape index (κ1) is 21.2. The molecule has 0 spiro atoms. The van der Waals surface area contributed by atoms with Crippen molar-refractivity contribution in [3.63, 3.8) is 0 Å². The zero-order chi connectivity index (χ0) is 21.3. The molecular weight excluding hydrogens is 413 g/mol. The van der Waals surface area contributed by atoms with Gasteiger partial charge in [0.05, 0.1) is 10.1 Å². The number of nitrogens with zero attached hydrogens (tertiary/aromatic N) is 2. The van der Waals surface area contributed by atoms with Crippen LogP contribution in [0.4, 0.5) is 4.39 Å². The number of aromatic hydroxyl groups is 1. The Hall–Kier alpha value is -2.51. The van der Waals surface area contributed by atoms with Gasteiger partial charge in [0, 0.05) is 37.3 Å². The molecule has 1 aliphatic carbocycles. The van der Waals surface area contributed by atoms with Crippen molar-refractivity contribution < 1.29 is 14.3 Å². The summed E-state index contributed by atoms with van der Waals surface area (Å²) in [6, 6.07) is 4.61. The van der Waals surface area contributed by atoms with E-state index in [1.807, 2.05) is 4.90 Å². The molecular formula is C21H21ClFN3O2S. The molecule has 0 atom stereocenters. The Morgan fingerprint density at radius 3 is 2.55 bits per heavy atom. The molecule has 1 aromatic rings. The zero-order valence-corrected chi connectivity index (χ0v) is 17.5. The highest BCUT2D eigenvalue weighted by Gasteiger charge is 2.29. The Bertz CT molecular complexity index is 992. The highest BCUT2D eigenvalue weighted by molar-refractivity contribution is 7.84. The number of piperazine rings is 1. The minimum atomic E-state index is -0.770. The Kier molecular flexibility index (Phi) is 6.19. The molecule has 1 fully saturated rings. The van der Waals surface area contributed by atoms with Gasteiger partial charge in [-0.05, 0) is 42.3 Å². The second kappa shape index (κ2) is 8.47. The van der Waals surface area contributed by atoms with Crippen LogP contribution in [0, 0.1) is 12.3 Å². The van der Waals surface area contributed by atoms with Crippen LogP contribution < -0.4 is 0 Å². The summed E-state index contributed by atoms with van der Waals surface area (Å²) in [5.41, 5.74) is 1.21. The highest BCUT2D eigenvalue weighted by atomic mass is 35.5. The van der Waals surface area contributed by atoms with Gasteiger partial charge >= 0.3 is 0 Å². The number of nitrogens with one attached hydrogen (secondary N) is 1. The fraction of sp³-hybridized carbons (Fsp3) is 0.238. The molecule has 5 nitrogen and oxygen atoms in total. The van der Waals surface area contributed by atoms with E-state index in [1.165, 1.54) is 24.3 Å². The minimum absolute atomic E-state index is 0.00920. The molecule has 0 saturated carbocycles. The molecule has 1 amide bonds. The number of phenols is 1. The molecule has 8 heteroatoms. The van der Waals surface area contributed by atoms with Crippen LogP contribution in [0.5, 0.6) is 5.75 Å². The number of halogens is 2. The lowest BCUT2D eigenvalue weighted by atomic mass is 9.91. The van der Waals surface area contributed by atoms with E-state index in [0.717, 1.165) is 5.56 Å². The molecule has 29 heavy (non-hydrogen) atoms. The van der Waals surface area contributed by atoms with Crippen LogP contribution in [0.25, 0.3) is 5.57 Å². The fourth-order valence-corrected chi connectivity index (χ4v) is 4.03. The van der Waals surface area contributed by atoms with E-state index in [2.05, 4.69) is 19.2 Å². The van der Waals surface area contributed by atoms with Crippen molar-refractivity contribution in [3.05, 3.63) is 69.5 Å². The van der Waals surface area contributed by atoms with E-state index < -0.39 is 5.83 Å². The summed E-state index contributed by atoms with van der Waals surface area (Å²) >= 11 is 10.9. The summed E-state index contributed by atoms with van der Waals surface area (Å²) in [6.45, 7) is 7.25. The third kappa shape index (κ3) is 4.11. The number of allylic oxidation sites excluding steroid dienone is 5. The molecule has 2 aliphatic rings. The second-order valence-corrected chi connectivity index (χ2v) is 7.64. The van der Waals surface area contributed by atoms with Crippen LogP contribution in [0.1, 0.15) is 11.1 Å². The van der Waals surface area contributed by atoms with Crippen LogP contribution in [0.3, 0.4) is 0 Å². The number of carbonyl (C=O) groups is 1. The van der Waals surface area contributed by atoms with E-state index in [1.54, 1.807) is 17.9 Å². The van der Waals surface area contributed by atoms with Gasteiger partial charge in [-0.1, -0.05) is 24.2 Å². The lowest BCUT2D eigenvalue weighted by Crippen LogP contribution is -2.47. The summed E-state index contributed by atoms with van der Waals surface area (Å²) in [7, 11) is 0. The van der Waals surface area contributed by atoms with Crippen molar-refractivity contribution in [2.24, 2.45) is 0 Å². The van der Waals surface area contributed by atoms with E-state index >= 15 is 4.39 Å². The number of carbonyl (C=O) groups excluding carboxylic acids is 1. The number of amides is 1. The first-order valence-electron chi connectivity index (χ1n) is 9.00. The first-order chi connectivity index (χ1) is 13.7. The summed E-state index contributed by atoms with van der Waals surface area (Å²) in [5, 5.41) is 18.7. The average Bonchev–Trinajstić information content (AvgIpc) is 2.72. The van der Waals surface area contributed by atoms with Gasteiger partial charge < -0.3 is 14.9 Å².